The zero-order valence-corrected chi connectivity index (χ0v) is 14.3. The summed E-state index contributed by atoms with van der Waals surface area (Å²) in [5.41, 5.74) is 1.29. The number of aryl methyl sites for hydroxylation is 1. The monoisotopic (exact) mass is 302 g/mol. The molecule has 1 aromatic carbocycles. The average molecular weight is 302 g/mol. The summed E-state index contributed by atoms with van der Waals surface area (Å²) < 4.78 is 5.83. The molecule has 0 saturated heterocycles. The first-order valence-corrected chi connectivity index (χ1v) is 8.79. The highest BCUT2D eigenvalue weighted by Gasteiger charge is 2.33. The topological polar surface area (TPSA) is 26.3 Å². The van der Waals surface area contributed by atoms with Crippen molar-refractivity contribution in [3.8, 4) is 0 Å². The van der Waals surface area contributed by atoms with Crippen LogP contribution in [0.15, 0.2) is 30.3 Å². The third kappa shape index (κ3) is 5.15. The van der Waals surface area contributed by atoms with E-state index in [1.54, 1.807) is 0 Å². The van der Waals surface area contributed by atoms with Gasteiger partial charge in [-0.15, -0.1) is 0 Å². The molecule has 0 radical (unpaired) electrons. The Morgan fingerprint density at radius 3 is 2.64 bits per heavy atom. The number of ether oxygens (including phenoxy) is 1. The largest absolute Gasteiger partial charge is 0.462 e. The lowest BCUT2D eigenvalue weighted by Gasteiger charge is -2.36. The number of hydrogen-bond donors (Lipinski definition) is 0. The predicted molar refractivity (Wildman–Crippen MR) is 90.6 cm³/mol. The molecule has 0 heterocycles. The smallest absolute Gasteiger partial charge is 0.306 e. The van der Waals surface area contributed by atoms with Crippen molar-refractivity contribution >= 4 is 5.97 Å². The van der Waals surface area contributed by atoms with Gasteiger partial charge in [0.05, 0.1) is 0 Å². The maximum atomic E-state index is 12.2. The van der Waals surface area contributed by atoms with Crippen molar-refractivity contribution < 1.29 is 9.53 Å². The Bertz CT molecular complexity index is 452. The molecule has 0 N–H and O–H groups in total. The van der Waals surface area contributed by atoms with E-state index in [9.17, 15) is 4.79 Å². The first-order chi connectivity index (χ1) is 10.6. The van der Waals surface area contributed by atoms with Crippen molar-refractivity contribution in [2.45, 2.75) is 65.4 Å². The van der Waals surface area contributed by atoms with E-state index in [0.29, 0.717) is 24.2 Å². The minimum atomic E-state index is -0.0133. The molecule has 0 bridgehead atoms. The van der Waals surface area contributed by atoms with Gasteiger partial charge in [-0.25, -0.2) is 0 Å². The Morgan fingerprint density at radius 2 is 1.95 bits per heavy atom. The molecule has 2 nitrogen and oxygen atoms in total. The van der Waals surface area contributed by atoms with Gasteiger partial charge in [0.2, 0.25) is 0 Å². The van der Waals surface area contributed by atoms with E-state index in [1.165, 1.54) is 18.4 Å². The molecule has 1 aromatic rings. The molecule has 0 aromatic heterocycles. The normalized spacial score (nSPS) is 25.2. The summed E-state index contributed by atoms with van der Waals surface area (Å²) in [5.74, 6) is 1.79. The summed E-state index contributed by atoms with van der Waals surface area (Å²) in [7, 11) is 0. The highest BCUT2D eigenvalue weighted by atomic mass is 16.5. The summed E-state index contributed by atoms with van der Waals surface area (Å²) in [4.78, 5) is 12.2. The SMILES string of the molecule is CC1CCC(C(C)C)C(OC(=O)CCCc2ccccc2)C1. The lowest BCUT2D eigenvalue weighted by molar-refractivity contribution is -0.156. The molecule has 0 aliphatic heterocycles. The number of carbonyl (C=O) groups excluding carboxylic acids is 1. The van der Waals surface area contributed by atoms with Crippen LogP contribution in [0.4, 0.5) is 0 Å². The molecule has 1 aliphatic rings. The minimum absolute atomic E-state index is 0.0133. The Labute approximate surface area is 135 Å². The van der Waals surface area contributed by atoms with E-state index in [0.717, 1.165) is 19.3 Å². The molecule has 3 atom stereocenters. The van der Waals surface area contributed by atoms with Gasteiger partial charge < -0.3 is 4.74 Å². The Balaban J connectivity index is 1.77. The fraction of sp³-hybridized carbons (Fsp3) is 0.650. The predicted octanol–water partition coefficient (Wildman–Crippen LogP) is 5.01. The molecular formula is C20H30O2. The summed E-state index contributed by atoms with van der Waals surface area (Å²) >= 11 is 0. The number of hydrogen-bond acceptors (Lipinski definition) is 2. The van der Waals surface area contributed by atoms with Crippen LogP contribution < -0.4 is 0 Å². The van der Waals surface area contributed by atoms with Crippen molar-refractivity contribution in [2.24, 2.45) is 17.8 Å². The number of carbonyl (C=O) groups is 1. The molecule has 3 unspecified atom stereocenters. The van der Waals surface area contributed by atoms with Gasteiger partial charge in [-0.1, -0.05) is 57.5 Å². The van der Waals surface area contributed by atoms with Crippen molar-refractivity contribution in [1.29, 1.82) is 0 Å². The zero-order valence-electron chi connectivity index (χ0n) is 14.3. The van der Waals surface area contributed by atoms with Crippen LogP contribution in [-0.4, -0.2) is 12.1 Å². The lowest BCUT2D eigenvalue weighted by atomic mass is 9.75. The zero-order chi connectivity index (χ0) is 15.9. The molecule has 0 spiro atoms. The number of benzene rings is 1. The van der Waals surface area contributed by atoms with Gasteiger partial charge in [-0.05, 0) is 49.0 Å². The molecule has 22 heavy (non-hydrogen) atoms. The molecule has 1 saturated carbocycles. The third-order valence-corrected chi connectivity index (χ3v) is 4.93. The minimum Gasteiger partial charge on any atom is -0.462 e. The van der Waals surface area contributed by atoms with Gasteiger partial charge in [0.15, 0.2) is 0 Å². The molecule has 2 rings (SSSR count). The number of rotatable bonds is 6. The summed E-state index contributed by atoms with van der Waals surface area (Å²) in [6.07, 6.45) is 5.99. The standard InChI is InChI=1S/C20H30O2/c1-15(2)18-13-12-16(3)14-19(18)22-20(21)11-7-10-17-8-5-4-6-9-17/h4-6,8-9,15-16,18-19H,7,10-14H2,1-3H3. The van der Waals surface area contributed by atoms with Crippen molar-refractivity contribution in [1.82, 2.24) is 0 Å². The van der Waals surface area contributed by atoms with E-state index in [2.05, 4.69) is 32.9 Å². The second kappa shape index (κ2) is 8.36. The van der Waals surface area contributed by atoms with Gasteiger partial charge in [0, 0.05) is 6.42 Å². The van der Waals surface area contributed by atoms with E-state index in [-0.39, 0.29) is 12.1 Å². The lowest BCUT2D eigenvalue weighted by Crippen LogP contribution is -2.35. The molecule has 1 aliphatic carbocycles. The Hall–Kier alpha value is -1.31. The Kier molecular flexibility index (Phi) is 6.48. The molecule has 1 fully saturated rings. The highest BCUT2D eigenvalue weighted by molar-refractivity contribution is 5.69. The van der Waals surface area contributed by atoms with Gasteiger partial charge in [-0.2, -0.15) is 0 Å². The van der Waals surface area contributed by atoms with E-state index >= 15 is 0 Å². The van der Waals surface area contributed by atoms with Crippen LogP contribution in [0.25, 0.3) is 0 Å². The van der Waals surface area contributed by atoms with Crippen LogP contribution in [-0.2, 0) is 16.0 Å². The summed E-state index contributed by atoms with van der Waals surface area (Å²) in [6, 6.07) is 10.3. The van der Waals surface area contributed by atoms with Crippen LogP contribution in [0.1, 0.15) is 58.4 Å². The summed E-state index contributed by atoms with van der Waals surface area (Å²) in [5, 5.41) is 0. The fourth-order valence-corrected chi connectivity index (χ4v) is 3.56. The molecule has 0 amide bonds. The van der Waals surface area contributed by atoms with Crippen molar-refractivity contribution in [2.75, 3.05) is 0 Å². The second-order valence-electron chi connectivity index (χ2n) is 7.19. The van der Waals surface area contributed by atoms with Crippen LogP contribution in [0, 0.1) is 17.8 Å². The van der Waals surface area contributed by atoms with Gasteiger partial charge >= 0.3 is 5.97 Å². The van der Waals surface area contributed by atoms with Crippen LogP contribution in [0.2, 0.25) is 0 Å². The van der Waals surface area contributed by atoms with Crippen molar-refractivity contribution in [3.05, 3.63) is 35.9 Å². The quantitative estimate of drug-likeness (QED) is 0.690. The molecule has 2 heteroatoms. The average Bonchev–Trinajstić information content (AvgIpc) is 2.48. The highest BCUT2D eigenvalue weighted by Crippen LogP contribution is 2.35. The van der Waals surface area contributed by atoms with Crippen LogP contribution >= 0.6 is 0 Å². The first-order valence-electron chi connectivity index (χ1n) is 8.79. The van der Waals surface area contributed by atoms with Crippen LogP contribution in [0.5, 0.6) is 0 Å². The van der Waals surface area contributed by atoms with Crippen molar-refractivity contribution in [3.63, 3.8) is 0 Å². The summed E-state index contributed by atoms with van der Waals surface area (Å²) in [6.45, 7) is 6.76. The molecular weight excluding hydrogens is 272 g/mol. The van der Waals surface area contributed by atoms with Gasteiger partial charge in [-0.3, -0.25) is 4.79 Å². The van der Waals surface area contributed by atoms with Crippen LogP contribution in [0.3, 0.4) is 0 Å². The third-order valence-electron chi connectivity index (χ3n) is 4.93. The number of esters is 1. The van der Waals surface area contributed by atoms with Gasteiger partial charge in [0.1, 0.15) is 6.10 Å². The van der Waals surface area contributed by atoms with E-state index in [1.807, 2.05) is 18.2 Å². The van der Waals surface area contributed by atoms with Gasteiger partial charge in [0.25, 0.3) is 0 Å². The maximum absolute atomic E-state index is 12.2. The first kappa shape index (κ1) is 17.1. The van der Waals surface area contributed by atoms with E-state index in [4.69, 9.17) is 4.74 Å². The molecule has 122 valence electrons. The fourth-order valence-electron chi connectivity index (χ4n) is 3.56. The second-order valence-corrected chi connectivity index (χ2v) is 7.19. The van der Waals surface area contributed by atoms with E-state index < -0.39 is 0 Å². The maximum Gasteiger partial charge on any atom is 0.306 e. The Morgan fingerprint density at radius 1 is 1.23 bits per heavy atom.